The molecule has 2 amide bonds. The Morgan fingerprint density at radius 2 is 1.94 bits per heavy atom. The molecule has 32 heavy (non-hydrogen) atoms. The number of hydrogen-bond donors (Lipinski definition) is 4. The molecule has 180 valence electrons. The minimum Gasteiger partial charge on any atom is -0.369 e. The lowest BCUT2D eigenvalue weighted by Gasteiger charge is -2.31. The van der Waals surface area contributed by atoms with Crippen LogP contribution in [-0.4, -0.2) is 54.4 Å². The monoisotopic (exact) mass is 558 g/mol. The number of rotatable bonds is 8. The van der Waals surface area contributed by atoms with E-state index in [1.54, 1.807) is 0 Å². The maximum atomic E-state index is 12.1. The van der Waals surface area contributed by atoms with E-state index in [4.69, 9.17) is 5.73 Å². The predicted molar refractivity (Wildman–Crippen MR) is 140 cm³/mol. The Labute approximate surface area is 209 Å². The number of likely N-dealkylation sites (tertiary alicyclic amines) is 1. The molecule has 8 nitrogen and oxygen atoms in total. The average Bonchev–Trinajstić information content (AvgIpc) is 2.69. The molecule has 0 radical (unpaired) electrons. The van der Waals surface area contributed by atoms with Crippen molar-refractivity contribution in [1.29, 1.82) is 0 Å². The van der Waals surface area contributed by atoms with E-state index < -0.39 is 0 Å². The Kier molecular flexibility index (Phi) is 12.0. The van der Waals surface area contributed by atoms with Crippen LogP contribution in [0.1, 0.15) is 51.7 Å². The van der Waals surface area contributed by atoms with E-state index in [0.29, 0.717) is 19.0 Å². The summed E-state index contributed by atoms with van der Waals surface area (Å²) in [6.45, 7) is 11.7. The number of primary amides is 1. The number of nitrogens with zero attached hydrogens (tertiary/aromatic N) is 2. The Morgan fingerprint density at radius 1 is 1.22 bits per heavy atom. The van der Waals surface area contributed by atoms with E-state index in [9.17, 15) is 9.59 Å². The molecular formula is C23H39IN6O2. The molecule has 1 aromatic carbocycles. The van der Waals surface area contributed by atoms with Crippen LogP contribution in [0.4, 0.5) is 0 Å². The maximum Gasteiger partial charge on any atom is 0.239 e. The number of piperidine rings is 1. The number of carbonyl (C=O) groups excluding carboxylic acids is 2. The largest absolute Gasteiger partial charge is 0.369 e. The van der Waals surface area contributed by atoms with Gasteiger partial charge in [-0.1, -0.05) is 24.3 Å². The zero-order valence-corrected chi connectivity index (χ0v) is 22.1. The van der Waals surface area contributed by atoms with E-state index in [1.165, 1.54) is 5.56 Å². The molecule has 1 aliphatic heterocycles. The van der Waals surface area contributed by atoms with Crippen molar-refractivity contribution in [3.05, 3.63) is 35.4 Å². The molecule has 0 bridgehead atoms. The molecule has 0 saturated carbocycles. The normalized spacial score (nSPS) is 17.2. The zero-order valence-electron chi connectivity index (χ0n) is 19.7. The van der Waals surface area contributed by atoms with Crippen molar-refractivity contribution in [1.82, 2.24) is 20.9 Å². The van der Waals surface area contributed by atoms with Gasteiger partial charge in [0.1, 0.15) is 0 Å². The van der Waals surface area contributed by atoms with Gasteiger partial charge >= 0.3 is 0 Å². The van der Waals surface area contributed by atoms with Crippen molar-refractivity contribution < 1.29 is 9.59 Å². The molecule has 0 aliphatic carbocycles. The highest BCUT2D eigenvalue weighted by Gasteiger charge is 2.23. The number of benzene rings is 1. The number of nitrogens with one attached hydrogen (secondary N) is 3. The van der Waals surface area contributed by atoms with Crippen LogP contribution >= 0.6 is 24.0 Å². The summed E-state index contributed by atoms with van der Waals surface area (Å²) in [5, 5.41) is 9.19. The summed E-state index contributed by atoms with van der Waals surface area (Å²) in [6.07, 6.45) is 1.88. The van der Waals surface area contributed by atoms with Gasteiger partial charge in [-0.25, -0.2) is 4.99 Å². The average molecular weight is 559 g/mol. The smallest absolute Gasteiger partial charge is 0.239 e. The molecule has 1 aliphatic rings. The van der Waals surface area contributed by atoms with Gasteiger partial charge in [-0.2, -0.15) is 0 Å². The highest BCUT2D eigenvalue weighted by atomic mass is 127. The first-order valence-electron chi connectivity index (χ1n) is 11.1. The van der Waals surface area contributed by atoms with Crippen LogP contribution in [0.25, 0.3) is 0 Å². The van der Waals surface area contributed by atoms with Crippen molar-refractivity contribution in [2.75, 3.05) is 26.2 Å². The van der Waals surface area contributed by atoms with Gasteiger partial charge in [-0.05, 0) is 58.2 Å². The number of nitrogens with two attached hydrogens (primary N) is 1. The topological polar surface area (TPSA) is 112 Å². The first-order chi connectivity index (χ1) is 14.7. The fourth-order valence-electron chi connectivity index (χ4n) is 3.65. The first-order valence-corrected chi connectivity index (χ1v) is 11.1. The van der Waals surface area contributed by atoms with Crippen molar-refractivity contribution in [3.63, 3.8) is 0 Å². The van der Waals surface area contributed by atoms with Crippen molar-refractivity contribution in [2.24, 2.45) is 16.6 Å². The number of carbonyl (C=O) groups is 2. The molecule has 5 N–H and O–H groups in total. The minimum absolute atomic E-state index is 0. The summed E-state index contributed by atoms with van der Waals surface area (Å²) in [4.78, 5) is 30.5. The van der Waals surface area contributed by atoms with Crippen LogP contribution < -0.4 is 21.7 Å². The molecule has 9 heteroatoms. The summed E-state index contributed by atoms with van der Waals surface area (Å²) >= 11 is 0. The fraction of sp³-hybridized carbons (Fsp3) is 0.609. The summed E-state index contributed by atoms with van der Waals surface area (Å²) < 4.78 is 0. The van der Waals surface area contributed by atoms with Crippen molar-refractivity contribution >= 4 is 41.8 Å². The minimum atomic E-state index is -0.263. The van der Waals surface area contributed by atoms with Gasteiger partial charge in [0.05, 0.1) is 19.0 Å². The zero-order chi connectivity index (χ0) is 22.9. The van der Waals surface area contributed by atoms with Crippen LogP contribution in [0, 0.1) is 5.92 Å². The fourth-order valence-corrected chi connectivity index (χ4v) is 3.65. The van der Waals surface area contributed by atoms with Crippen LogP contribution in [0.5, 0.6) is 0 Å². The second-order valence-electron chi connectivity index (χ2n) is 9.14. The summed E-state index contributed by atoms with van der Waals surface area (Å²) in [6, 6.07) is 8.33. The predicted octanol–water partition coefficient (Wildman–Crippen LogP) is 1.97. The summed E-state index contributed by atoms with van der Waals surface area (Å²) in [7, 11) is 0. The van der Waals surface area contributed by atoms with Crippen LogP contribution in [0.3, 0.4) is 0 Å². The molecule has 1 heterocycles. The van der Waals surface area contributed by atoms with Gasteiger partial charge in [0, 0.05) is 25.2 Å². The molecular weight excluding hydrogens is 519 g/mol. The third kappa shape index (κ3) is 10.6. The van der Waals surface area contributed by atoms with Gasteiger partial charge < -0.3 is 21.7 Å². The van der Waals surface area contributed by atoms with Crippen LogP contribution in [-0.2, 0) is 22.7 Å². The quantitative estimate of drug-likeness (QED) is 0.222. The van der Waals surface area contributed by atoms with E-state index in [1.807, 2.05) is 39.8 Å². The SMILES string of the molecule is CCNC(=NCc1cccc(CN2CCCC(C(N)=O)C2)c1)NCC(=O)NC(C)(C)C.I. The number of hydrogen-bond acceptors (Lipinski definition) is 4. The number of aliphatic imine (C=N–C) groups is 1. The lowest BCUT2D eigenvalue weighted by atomic mass is 9.97. The number of guanidine groups is 1. The van der Waals surface area contributed by atoms with E-state index >= 15 is 0 Å². The Bertz CT molecular complexity index is 778. The molecule has 1 aromatic rings. The molecule has 1 saturated heterocycles. The first kappa shape index (κ1) is 28.2. The third-order valence-electron chi connectivity index (χ3n) is 5.00. The van der Waals surface area contributed by atoms with Gasteiger partial charge in [0.15, 0.2) is 5.96 Å². The van der Waals surface area contributed by atoms with E-state index in [-0.39, 0.29) is 53.8 Å². The third-order valence-corrected chi connectivity index (χ3v) is 5.00. The molecule has 2 rings (SSSR count). The second-order valence-corrected chi connectivity index (χ2v) is 9.14. The highest BCUT2D eigenvalue weighted by Crippen LogP contribution is 2.19. The molecule has 1 atom stereocenters. The Hall–Kier alpha value is -1.88. The van der Waals surface area contributed by atoms with Crippen LogP contribution in [0.15, 0.2) is 29.3 Å². The second kappa shape index (κ2) is 13.6. The number of halogens is 1. The van der Waals surface area contributed by atoms with Gasteiger partial charge in [0.2, 0.25) is 11.8 Å². The van der Waals surface area contributed by atoms with E-state index in [2.05, 4.69) is 38.0 Å². The Morgan fingerprint density at radius 3 is 2.59 bits per heavy atom. The van der Waals surface area contributed by atoms with Gasteiger partial charge in [-0.15, -0.1) is 24.0 Å². The van der Waals surface area contributed by atoms with Crippen molar-refractivity contribution in [3.8, 4) is 0 Å². The molecule has 0 spiro atoms. The highest BCUT2D eigenvalue weighted by molar-refractivity contribution is 14.0. The molecule has 0 aromatic heterocycles. The van der Waals surface area contributed by atoms with E-state index in [0.717, 1.165) is 38.0 Å². The Balaban J connectivity index is 0.00000512. The lowest BCUT2D eigenvalue weighted by molar-refractivity contribution is -0.123. The van der Waals surface area contributed by atoms with Gasteiger partial charge in [-0.3, -0.25) is 14.5 Å². The lowest BCUT2D eigenvalue weighted by Crippen LogP contribution is -2.48. The van der Waals surface area contributed by atoms with Crippen molar-refractivity contribution in [2.45, 2.75) is 59.2 Å². The summed E-state index contributed by atoms with van der Waals surface area (Å²) in [5.41, 5.74) is 7.52. The van der Waals surface area contributed by atoms with Crippen LogP contribution in [0.2, 0.25) is 0 Å². The molecule has 1 unspecified atom stereocenters. The van der Waals surface area contributed by atoms with Gasteiger partial charge in [0.25, 0.3) is 0 Å². The maximum absolute atomic E-state index is 12.1. The summed E-state index contributed by atoms with van der Waals surface area (Å²) in [5.74, 6) is 0.284. The number of amides is 2. The molecule has 1 fully saturated rings. The standard InChI is InChI=1S/C23H38N6O2.HI/c1-5-25-22(27-14-20(30)28-23(2,3)4)26-13-17-8-6-9-18(12-17)15-29-11-7-10-19(16-29)21(24)31;/h6,8-9,12,19H,5,7,10-11,13-16H2,1-4H3,(H2,24,31)(H,28,30)(H2,25,26,27);1H.